The summed E-state index contributed by atoms with van der Waals surface area (Å²) < 4.78 is 40.3. The summed E-state index contributed by atoms with van der Waals surface area (Å²) in [5.41, 5.74) is -0.855. The van der Waals surface area contributed by atoms with E-state index in [1.54, 1.807) is 6.92 Å². The predicted molar refractivity (Wildman–Crippen MR) is 87.3 cm³/mol. The van der Waals surface area contributed by atoms with Crippen molar-refractivity contribution in [1.82, 2.24) is 14.7 Å². The molecule has 1 amide bonds. The molecular formula is C17H26F3N3O2. The van der Waals surface area contributed by atoms with Crippen molar-refractivity contribution >= 4 is 6.09 Å². The third kappa shape index (κ3) is 4.67. The van der Waals surface area contributed by atoms with Crippen molar-refractivity contribution in [3.63, 3.8) is 0 Å². The number of halogens is 3. The van der Waals surface area contributed by atoms with Gasteiger partial charge < -0.3 is 10.0 Å². The van der Waals surface area contributed by atoms with Crippen LogP contribution in [0.2, 0.25) is 0 Å². The van der Waals surface area contributed by atoms with Crippen molar-refractivity contribution in [2.24, 2.45) is 5.92 Å². The zero-order valence-electron chi connectivity index (χ0n) is 15.1. The van der Waals surface area contributed by atoms with E-state index in [-0.39, 0.29) is 18.5 Å². The van der Waals surface area contributed by atoms with Crippen LogP contribution in [0.4, 0.5) is 18.0 Å². The number of aromatic nitrogens is 2. The smallest absolute Gasteiger partial charge is 0.433 e. The van der Waals surface area contributed by atoms with Crippen LogP contribution in [0.3, 0.4) is 0 Å². The molecule has 1 heterocycles. The number of amides is 1. The fourth-order valence-corrected chi connectivity index (χ4v) is 3.73. The third-order valence-electron chi connectivity index (χ3n) is 4.73. The zero-order chi connectivity index (χ0) is 19.0. The Morgan fingerprint density at radius 3 is 2.28 bits per heavy atom. The molecule has 1 aromatic heterocycles. The lowest BCUT2D eigenvalue weighted by atomic mass is 9.84. The molecule has 0 aromatic carbocycles. The van der Waals surface area contributed by atoms with Gasteiger partial charge in [-0.2, -0.15) is 18.3 Å². The van der Waals surface area contributed by atoms with E-state index in [1.165, 1.54) is 4.90 Å². The summed E-state index contributed by atoms with van der Waals surface area (Å²) in [7, 11) is 0. The predicted octanol–water partition coefficient (Wildman–Crippen LogP) is 4.55. The Morgan fingerprint density at radius 1 is 1.28 bits per heavy atom. The van der Waals surface area contributed by atoms with E-state index in [0.29, 0.717) is 31.4 Å². The topological polar surface area (TPSA) is 58.4 Å². The van der Waals surface area contributed by atoms with E-state index in [4.69, 9.17) is 0 Å². The van der Waals surface area contributed by atoms with Gasteiger partial charge in [0.25, 0.3) is 0 Å². The second-order valence-electron chi connectivity index (χ2n) is 7.85. The molecule has 25 heavy (non-hydrogen) atoms. The number of hydrogen-bond acceptors (Lipinski definition) is 2. The average molecular weight is 361 g/mol. The Labute approximate surface area is 145 Å². The quantitative estimate of drug-likeness (QED) is 0.859. The Hall–Kier alpha value is -1.73. The van der Waals surface area contributed by atoms with Crippen molar-refractivity contribution in [1.29, 1.82) is 0 Å². The highest BCUT2D eigenvalue weighted by Crippen LogP contribution is 2.34. The lowest BCUT2D eigenvalue weighted by Gasteiger charge is -2.42. The number of aryl methyl sites for hydroxylation is 1. The van der Waals surface area contributed by atoms with Crippen molar-refractivity contribution in [2.45, 2.75) is 77.7 Å². The number of carboxylic acid groups (broad SMARTS) is 1. The molecule has 1 aliphatic carbocycles. The van der Waals surface area contributed by atoms with Crippen LogP contribution >= 0.6 is 0 Å². The van der Waals surface area contributed by atoms with Crippen molar-refractivity contribution < 1.29 is 23.1 Å². The summed E-state index contributed by atoms with van der Waals surface area (Å²) in [4.78, 5) is 13.0. The maximum atomic E-state index is 13.1. The molecule has 2 rings (SSSR count). The minimum atomic E-state index is -4.41. The molecular weight excluding hydrogens is 335 g/mol. The summed E-state index contributed by atoms with van der Waals surface area (Å²) in [5, 5.41) is 13.5. The van der Waals surface area contributed by atoms with Crippen LogP contribution < -0.4 is 0 Å². The highest BCUT2D eigenvalue weighted by atomic mass is 19.4. The molecule has 1 saturated carbocycles. The first-order valence-electron chi connectivity index (χ1n) is 8.53. The molecule has 142 valence electrons. The fourth-order valence-electron chi connectivity index (χ4n) is 3.73. The molecule has 5 nitrogen and oxygen atoms in total. The number of alkyl halides is 3. The van der Waals surface area contributed by atoms with E-state index in [2.05, 4.69) is 5.10 Å². The van der Waals surface area contributed by atoms with Crippen LogP contribution in [0.5, 0.6) is 0 Å². The Bertz CT molecular complexity index is 612. The summed E-state index contributed by atoms with van der Waals surface area (Å²) in [6.45, 7) is 7.34. The van der Waals surface area contributed by atoms with Gasteiger partial charge in [0, 0.05) is 18.1 Å². The highest BCUT2D eigenvalue weighted by Gasteiger charge is 2.38. The Balaban J connectivity index is 2.03. The van der Waals surface area contributed by atoms with Crippen LogP contribution in [0.15, 0.2) is 6.07 Å². The van der Waals surface area contributed by atoms with Crippen molar-refractivity contribution in [3.8, 4) is 0 Å². The molecule has 0 unspecified atom stereocenters. The van der Waals surface area contributed by atoms with Gasteiger partial charge in [0.15, 0.2) is 0 Å². The van der Waals surface area contributed by atoms with Gasteiger partial charge in [-0.25, -0.2) is 4.79 Å². The van der Waals surface area contributed by atoms with Gasteiger partial charge in [-0.05, 0) is 65.4 Å². The summed E-state index contributed by atoms with van der Waals surface area (Å²) in [6.07, 6.45) is -2.64. The first-order valence-corrected chi connectivity index (χ1v) is 8.53. The molecule has 8 heteroatoms. The molecule has 0 atom stereocenters. The molecule has 1 aromatic rings. The van der Waals surface area contributed by atoms with E-state index >= 15 is 0 Å². The Kier molecular flexibility index (Phi) is 5.39. The third-order valence-corrected chi connectivity index (χ3v) is 4.73. The summed E-state index contributed by atoms with van der Waals surface area (Å²) in [5.74, 6) is 0.0762. The maximum Gasteiger partial charge on any atom is 0.433 e. The normalized spacial score (nSPS) is 22.0. The second kappa shape index (κ2) is 6.88. The van der Waals surface area contributed by atoms with Gasteiger partial charge in [-0.3, -0.25) is 4.68 Å². The lowest BCUT2D eigenvalue weighted by molar-refractivity contribution is -0.144. The molecule has 0 spiro atoms. The Morgan fingerprint density at radius 2 is 1.84 bits per heavy atom. The standard InChI is InChI=1S/C17H26F3N3O2/c1-11-9-14(17(18,19)20)22(21-11)10-12-5-7-13(8-6-12)23(15(24)25)16(2,3)4/h9,12-13H,5-8,10H2,1-4H3,(H,24,25)/t12-,13-. The molecule has 0 aliphatic heterocycles. The van der Waals surface area contributed by atoms with Gasteiger partial charge in [0.05, 0.1) is 5.69 Å². The fraction of sp³-hybridized carbons (Fsp3) is 0.765. The molecule has 1 aliphatic rings. The van der Waals surface area contributed by atoms with Crippen LogP contribution in [0, 0.1) is 12.8 Å². The van der Waals surface area contributed by atoms with Gasteiger partial charge in [-0.15, -0.1) is 0 Å². The first-order chi connectivity index (χ1) is 11.4. The van der Waals surface area contributed by atoms with Gasteiger partial charge in [0.2, 0.25) is 0 Å². The minimum absolute atomic E-state index is 0.0762. The van der Waals surface area contributed by atoms with E-state index < -0.39 is 23.5 Å². The van der Waals surface area contributed by atoms with Crippen LogP contribution in [-0.2, 0) is 12.7 Å². The van der Waals surface area contributed by atoms with Crippen LogP contribution in [0.25, 0.3) is 0 Å². The average Bonchev–Trinajstić information content (AvgIpc) is 2.80. The van der Waals surface area contributed by atoms with Gasteiger partial charge in [-0.1, -0.05) is 0 Å². The monoisotopic (exact) mass is 361 g/mol. The molecule has 0 radical (unpaired) electrons. The summed E-state index contributed by atoms with van der Waals surface area (Å²) in [6, 6.07) is 0.979. The number of rotatable bonds is 3. The largest absolute Gasteiger partial charge is 0.465 e. The SMILES string of the molecule is Cc1cc(C(F)(F)F)n(C[C@H]2CC[C@H](N(C(=O)O)C(C)(C)C)CC2)n1. The maximum absolute atomic E-state index is 13.1. The lowest BCUT2D eigenvalue weighted by Crippen LogP contribution is -2.52. The van der Waals surface area contributed by atoms with Crippen LogP contribution in [0.1, 0.15) is 57.8 Å². The van der Waals surface area contributed by atoms with Crippen molar-refractivity contribution in [3.05, 3.63) is 17.5 Å². The van der Waals surface area contributed by atoms with E-state index in [0.717, 1.165) is 10.7 Å². The zero-order valence-corrected chi connectivity index (χ0v) is 15.1. The van der Waals surface area contributed by atoms with E-state index in [9.17, 15) is 23.1 Å². The number of nitrogens with zero attached hydrogens (tertiary/aromatic N) is 3. The number of carbonyl (C=O) groups is 1. The van der Waals surface area contributed by atoms with E-state index in [1.807, 2.05) is 20.8 Å². The molecule has 0 bridgehead atoms. The highest BCUT2D eigenvalue weighted by molar-refractivity contribution is 5.66. The number of hydrogen-bond donors (Lipinski definition) is 1. The molecule has 0 saturated heterocycles. The van der Waals surface area contributed by atoms with Gasteiger partial charge in [0.1, 0.15) is 5.69 Å². The first kappa shape index (κ1) is 19.6. The second-order valence-corrected chi connectivity index (χ2v) is 7.85. The van der Waals surface area contributed by atoms with Crippen LogP contribution in [-0.4, -0.2) is 37.5 Å². The van der Waals surface area contributed by atoms with Gasteiger partial charge >= 0.3 is 12.3 Å². The minimum Gasteiger partial charge on any atom is -0.465 e. The molecule has 1 fully saturated rings. The summed E-state index contributed by atoms with van der Waals surface area (Å²) >= 11 is 0. The van der Waals surface area contributed by atoms with Crippen molar-refractivity contribution in [2.75, 3.05) is 0 Å². The molecule has 1 N–H and O–H groups in total.